The number of hydrogen-bond donors (Lipinski definition) is 1. The molecule has 1 N–H and O–H groups in total. The summed E-state index contributed by atoms with van der Waals surface area (Å²) >= 11 is 0. The first-order valence-corrected chi connectivity index (χ1v) is 8.12. The van der Waals surface area contributed by atoms with Gasteiger partial charge < -0.3 is 9.47 Å². The molecule has 5 nitrogen and oxygen atoms in total. The minimum absolute atomic E-state index is 0.160. The molecule has 106 valence electrons. The molecule has 0 radical (unpaired) electrons. The summed E-state index contributed by atoms with van der Waals surface area (Å²) in [5.41, 5.74) is 0. The molecule has 1 heterocycles. The van der Waals surface area contributed by atoms with E-state index in [1.807, 2.05) is 31.2 Å². The molecule has 2 rings (SSSR count). The Hall–Kier alpha value is -1.27. The zero-order chi connectivity index (χ0) is 13.7. The van der Waals surface area contributed by atoms with Crippen LogP contribution in [0.4, 0.5) is 0 Å². The van der Waals surface area contributed by atoms with Gasteiger partial charge in [-0.3, -0.25) is 0 Å². The standard InChI is InChI=1S/C13H19NO4S/c1-2-3-8-19(15,16)14-9-11-10-17-12-6-4-5-7-13(12)18-11/h4-7,11,14H,2-3,8-10H2,1H3. The van der Waals surface area contributed by atoms with Gasteiger partial charge in [-0.15, -0.1) is 0 Å². The minimum Gasteiger partial charge on any atom is -0.486 e. The van der Waals surface area contributed by atoms with E-state index in [4.69, 9.17) is 9.47 Å². The van der Waals surface area contributed by atoms with Gasteiger partial charge in [-0.25, -0.2) is 13.1 Å². The predicted octanol–water partition coefficient (Wildman–Crippen LogP) is 1.55. The van der Waals surface area contributed by atoms with E-state index in [2.05, 4.69) is 4.72 Å². The van der Waals surface area contributed by atoms with Gasteiger partial charge in [0.05, 0.1) is 12.3 Å². The zero-order valence-electron chi connectivity index (χ0n) is 11.0. The van der Waals surface area contributed by atoms with Crippen LogP contribution in [0.25, 0.3) is 0 Å². The molecule has 0 aliphatic carbocycles. The highest BCUT2D eigenvalue weighted by molar-refractivity contribution is 7.89. The average Bonchev–Trinajstić information content (AvgIpc) is 2.43. The van der Waals surface area contributed by atoms with Crippen LogP contribution in [0, 0.1) is 0 Å². The molecular formula is C13H19NO4S. The van der Waals surface area contributed by atoms with Crippen molar-refractivity contribution in [2.75, 3.05) is 18.9 Å². The molecule has 1 unspecified atom stereocenters. The summed E-state index contributed by atoms with van der Waals surface area (Å²) in [6.07, 6.45) is 1.24. The van der Waals surface area contributed by atoms with Gasteiger partial charge in [0, 0.05) is 0 Å². The number of para-hydroxylation sites is 2. The Bertz CT molecular complexity index is 515. The van der Waals surface area contributed by atoms with Gasteiger partial charge in [0.15, 0.2) is 11.5 Å². The number of rotatable bonds is 6. The monoisotopic (exact) mass is 285 g/mol. The van der Waals surface area contributed by atoms with Crippen LogP contribution in [-0.2, 0) is 10.0 Å². The first kappa shape index (κ1) is 14.1. The van der Waals surface area contributed by atoms with Crippen LogP contribution < -0.4 is 14.2 Å². The number of nitrogens with one attached hydrogen (secondary N) is 1. The maximum Gasteiger partial charge on any atom is 0.211 e. The molecule has 1 aliphatic heterocycles. The summed E-state index contributed by atoms with van der Waals surface area (Å²) in [7, 11) is -3.21. The number of unbranched alkanes of at least 4 members (excludes halogenated alkanes) is 1. The van der Waals surface area contributed by atoms with Crippen molar-refractivity contribution in [3.05, 3.63) is 24.3 Å². The maximum atomic E-state index is 11.7. The maximum absolute atomic E-state index is 11.7. The van der Waals surface area contributed by atoms with Crippen molar-refractivity contribution in [2.24, 2.45) is 0 Å². The third-order valence-electron chi connectivity index (χ3n) is 2.87. The van der Waals surface area contributed by atoms with Crippen LogP contribution in [0.15, 0.2) is 24.3 Å². The first-order valence-electron chi connectivity index (χ1n) is 6.46. The van der Waals surface area contributed by atoms with Crippen molar-refractivity contribution in [3.63, 3.8) is 0 Å². The normalized spacial score (nSPS) is 18.3. The number of fused-ring (bicyclic) bond motifs is 1. The van der Waals surface area contributed by atoms with E-state index in [9.17, 15) is 8.42 Å². The predicted molar refractivity (Wildman–Crippen MR) is 73.1 cm³/mol. The van der Waals surface area contributed by atoms with E-state index in [0.717, 1.165) is 6.42 Å². The quantitative estimate of drug-likeness (QED) is 0.861. The van der Waals surface area contributed by atoms with Crippen LogP contribution in [-0.4, -0.2) is 33.4 Å². The summed E-state index contributed by atoms with van der Waals surface area (Å²) in [6, 6.07) is 7.37. The Morgan fingerprint density at radius 1 is 1.32 bits per heavy atom. The smallest absolute Gasteiger partial charge is 0.211 e. The van der Waals surface area contributed by atoms with Gasteiger partial charge in [-0.2, -0.15) is 0 Å². The van der Waals surface area contributed by atoms with Crippen LogP contribution in [0.3, 0.4) is 0 Å². The summed E-state index contributed by atoms with van der Waals surface area (Å²) in [5.74, 6) is 1.52. The van der Waals surface area contributed by atoms with Gasteiger partial charge in [-0.1, -0.05) is 25.5 Å². The van der Waals surface area contributed by atoms with E-state index < -0.39 is 10.0 Å². The summed E-state index contributed by atoms with van der Waals surface area (Å²) in [6.45, 7) is 2.55. The molecule has 0 bridgehead atoms. The zero-order valence-corrected chi connectivity index (χ0v) is 11.8. The molecule has 0 saturated carbocycles. The summed E-state index contributed by atoms with van der Waals surface area (Å²) in [4.78, 5) is 0. The molecule has 19 heavy (non-hydrogen) atoms. The van der Waals surface area contributed by atoms with Gasteiger partial charge in [0.2, 0.25) is 10.0 Å². The van der Waals surface area contributed by atoms with Crippen LogP contribution in [0.1, 0.15) is 19.8 Å². The van der Waals surface area contributed by atoms with E-state index in [0.29, 0.717) is 24.5 Å². The van der Waals surface area contributed by atoms with Gasteiger partial charge in [0.25, 0.3) is 0 Å². The molecule has 6 heteroatoms. The Labute approximate surface area is 114 Å². The summed E-state index contributed by atoms with van der Waals surface area (Å²) in [5, 5.41) is 0. The van der Waals surface area contributed by atoms with Crippen LogP contribution in [0.5, 0.6) is 11.5 Å². The lowest BCUT2D eigenvalue weighted by atomic mass is 10.2. The van der Waals surface area contributed by atoms with E-state index in [-0.39, 0.29) is 18.4 Å². The number of ether oxygens (including phenoxy) is 2. The Morgan fingerprint density at radius 2 is 2.05 bits per heavy atom. The number of sulfonamides is 1. The molecule has 1 aromatic rings. The Balaban J connectivity index is 1.86. The highest BCUT2D eigenvalue weighted by atomic mass is 32.2. The molecular weight excluding hydrogens is 266 g/mol. The lowest BCUT2D eigenvalue weighted by Crippen LogP contribution is -2.41. The molecule has 1 atom stereocenters. The van der Waals surface area contributed by atoms with Gasteiger partial charge >= 0.3 is 0 Å². The van der Waals surface area contributed by atoms with Crippen LogP contribution >= 0.6 is 0 Å². The lowest BCUT2D eigenvalue weighted by molar-refractivity contribution is 0.0943. The molecule has 1 aliphatic rings. The molecule has 0 saturated heterocycles. The lowest BCUT2D eigenvalue weighted by Gasteiger charge is -2.26. The second kappa shape index (κ2) is 6.25. The third-order valence-corrected chi connectivity index (χ3v) is 4.30. The molecule has 0 spiro atoms. The fourth-order valence-electron chi connectivity index (χ4n) is 1.79. The average molecular weight is 285 g/mol. The van der Waals surface area contributed by atoms with Crippen molar-refractivity contribution in [1.29, 1.82) is 0 Å². The van der Waals surface area contributed by atoms with Gasteiger partial charge in [0.1, 0.15) is 12.7 Å². The number of benzene rings is 1. The van der Waals surface area contributed by atoms with E-state index in [1.165, 1.54) is 0 Å². The van der Waals surface area contributed by atoms with Crippen LogP contribution in [0.2, 0.25) is 0 Å². The van der Waals surface area contributed by atoms with Gasteiger partial charge in [-0.05, 0) is 18.6 Å². The topological polar surface area (TPSA) is 64.6 Å². The first-order chi connectivity index (χ1) is 9.11. The SMILES string of the molecule is CCCCS(=O)(=O)NCC1COc2ccccc2O1. The fraction of sp³-hybridized carbons (Fsp3) is 0.538. The number of hydrogen-bond acceptors (Lipinski definition) is 4. The minimum atomic E-state index is -3.21. The van der Waals surface area contributed by atoms with Crippen molar-refractivity contribution >= 4 is 10.0 Å². The fourth-order valence-corrected chi connectivity index (χ4v) is 3.04. The van der Waals surface area contributed by atoms with Crippen molar-refractivity contribution in [3.8, 4) is 11.5 Å². The summed E-state index contributed by atoms with van der Waals surface area (Å²) < 4.78 is 37.1. The molecule has 0 amide bonds. The second-order valence-electron chi connectivity index (χ2n) is 4.52. The molecule has 0 fully saturated rings. The molecule has 0 aromatic heterocycles. The Kier molecular flexibility index (Phi) is 4.66. The Morgan fingerprint density at radius 3 is 2.79 bits per heavy atom. The van der Waals surface area contributed by atoms with E-state index >= 15 is 0 Å². The van der Waals surface area contributed by atoms with E-state index in [1.54, 1.807) is 0 Å². The highest BCUT2D eigenvalue weighted by Crippen LogP contribution is 2.30. The van der Waals surface area contributed by atoms with Crippen molar-refractivity contribution < 1.29 is 17.9 Å². The molecule has 1 aromatic carbocycles. The third kappa shape index (κ3) is 4.11. The van der Waals surface area contributed by atoms with Crippen molar-refractivity contribution in [2.45, 2.75) is 25.9 Å². The van der Waals surface area contributed by atoms with Crippen molar-refractivity contribution in [1.82, 2.24) is 4.72 Å². The largest absolute Gasteiger partial charge is 0.486 e. The second-order valence-corrected chi connectivity index (χ2v) is 6.44. The highest BCUT2D eigenvalue weighted by Gasteiger charge is 2.22.